The summed E-state index contributed by atoms with van der Waals surface area (Å²) in [4.78, 5) is 64.4. The first kappa shape index (κ1) is 27.1. The lowest BCUT2D eigenvalue weighted by molar-refractivity contribution is -0.148. The number of phenolic OH excluding ortho intramolecular Hbond substituents is 3. The number of hydrogen-bond donors (Lipinski definition) is 5. The number of nitrogens with one attached hydrogen (secondary N) is 1. The predicted molar refractivity (Wildman–Crippen MR) is 145 cm³/mol. The van der Waals surface area contributed by atoms with E-state index in [0.717, 1.165) is 6.07 Å². The van der Waals surface area contributed by atoms with Crippen molar-refractivity contribution in [2.75, 3.05) is 7.11 Å². The number of ether oxygens (including phenoxy) is 3. The van der Waals surface area contributed by atoms with E-state index in [1.807, 2.05) is 0 Å². The number of phenols is 3. The lowest BCUT2D eigenvalue weighted by Crippen LogP contribution is -2.40. The number of amides is 1. The van der Waals surface area contributed by atoms with E-state index in [0.29, 0.717) is 5.56 Å². The Hall–Kier alpha value is -5.79. The summed E-state index contributed by atoms with van der Waals surface area (Å²) in [6, 6.07) is 3.71. The second-order valence-electron chi connectivity index (χ2n) is 10.7. The quantitative estimate of drug-likeness (QED) is 0.272. The molecule has 14 heteroatoms. The molecule has 44 heavy (non-hydrogen) atoms. The number of hydrogen-bond acceptors (Lipinski definition) is 13. The molecule has 0 saturated heterocycles. The molecule has 14 nitrogen and oxygen atoms in total. The van der Waals surface area contributed by atoms with Crippen molar-refractivity contribution in [3.05, 3.63) is 73.9 Å². The Morgan fingerprint density at radius 1 is 0.932 bits per heavy atom. The highest BCUT2D eigenvalue weighted by atomic mass is 16.7. The lowest BCUT2D eigenvalue weighted by atomic mass is 9.84. The number of fused-ring (bicyclic) bond motifs is 3. The fourth-order valence-electron chi connectivity index (χ4n) is 6.01. The van der Waals surface area contributed by atoms with Crippen LogP contribution in [0.15, 0.2) is 50.2 Å². The van der Waals surface area contributed by atoms with Gasteiger partial charge in [-0.1, -0.05) is 0 Å². The van der Waals surface area contributed by atoms with Crippen LogP contribution >= 0.6 is 0 Å². The molecule has 4 aliphatic rings. The fourth-order valence-corrected chi connectivity index (χ4v) is 6.01. The van der Waals surface area contributed by atoms with E-state index < -0.39 is 68.8 Å². The normalized spacial score (nSPS) is 20.4. The number of aliphatic hydroxyl groups excluding tert-OH is 1. The van der Waals surface area contributed by atoms with Gasteiger partial charge in [0.1, 0.15) is 22.6 Å². The third kappa shape index (κ3) is 3.70. The van der Waals surface area contributed by atoms with Crippen molar-refractivity contribution < 1.29 is 58.2 Å². The molecule has 3 heterocycles. The Morgan fingerprint density at radius 2 is 1.70 bits per heavy atom. The van der Waals surface area contributed by atoms with Gasteiger partial charge in [0.05, 0.1) is 30.2 Å². The Morgan fingerprint density at radius 3 is 2.41 bits per heavy atom. The van der Waals surface area contributed by atoms with Crippen LogP contribution in [0.2, 0.25) is 0 Å². The van der Waals surface area contributed by atoms with Crippen LogP contribution in [0.25, 0.3) is 10.8 Å². The first-order chi connectivity index (χ1) is 20.9. The number of carbonyl (C=O) groups is 4. The molecule has 1 aromatic heterocycles. The summed E-state index contributed by atoms with van der Waals surface area (Å²) in [5.74, 6) is -8.04. The predicted octanol–water partition coefficient (Wildman–Crippen LogP) is 2.56. The first-order valence-electron chi connectivity index (χ1n) is 13.4. The molecule has 3 aromatic rings. The highest BCUT2D eigenvalue weighted by Gasteiger charge is 2.53. The summed E-state index contributed by atoms with van der Waals surface area (Å²) in [5, 5.41) is 44.1. The SMILES string of the molecule is COc1cc(O)c2c(c1O)C(=O)C1=C(C[C@]3(CCc4cc5cc(C(=O)NC6=C(O)CCC6=O)oc(=O)c5c(O)c4O3)O1)C2=O. The third-order valence-corrected chi connectivity index (χ3v) is 8.14. The number of Topliss-reactive ketones (excluding diaryl/α,β-unsaturated/α-hetero) is 3. The zero-order valence-corrected chi connectivity index (χ0v) is 22.7. The Labute approximate surface area is 245 Å². The monoisotopic (exact) mass is 603 g/mol. The molecule has 0 radical (unpaired) electrons. The highest BCUT2D eigenvalue weighted by Crippen LogP contribution is 2.52. The van der Waals surface area contributed by atoms with Gasteiger partial charge in [0.25, 0.3) is 11.7 Å². The standard InChI is InChI=1S/C30H21NO13/c1-41-16-8-15(34)19-20(23(16)36)25(38)27-12(22(19)35)9-30(44-27)5-4-10-6-11-7-17(28(39)31-21-13(32)2-3-14(21)33)42-29(40)18(11)24(37)26(10)43-30/h6-8,32,34,36-37H,2-5,9H2,1H3,(H,31,39)/t30-/m0/s1. The highest BCUT2D eigenvalue weighted by molar-refractivity contribution is 6.28. The summed E-state index contributed by atoms with van der Waals surface area (Å²) in [6.45, 7) is 0. The summed E-state index contributed by atoms with van der Waals surface area (Å²) in [7, 11) is 1.21. The van der Waals surface area contributed by atoms with Gasteiger partial charge in [0.2, 0.25) is 5.78 Å². The molecule has 1 spiro atoms. The molecular formula is C30H21NO13. The number of rotatable bonds is 3. The number of carbonyl (C=O) groups excluding carboxylic acids is 4. The van der Waals surface area contributed by atoms with Gasteiger partial charge in [0.15, 0.2) is 46.1 Å². The van der Waals surface area contributed by atoms with Crippen molar-refractivity contribution in [3.8, 4) is 28.7 Å². The number of aryl methyl sites for hydroxylation is 1. The maximum atomic E-state index is 13.4. The van der Waals surface area contributed by atoms with Crippen molar-refractivity contribution in [1.82, 2.24) is 5.32 Å². The van der Waals surface area contributed by atoms with Gasteiger partial charge in [-0.3, -0.25) is 19.2 Å². The zero-order valence-electron chi connectivity index (χ0n) is 22.7. The van der Waals surface area contributed by atoms with Gasteiger partial charge < -0.3 is 44.4 Å². The Bertz CT molecular complexity index is 2050. The number of ketones is 3. The third-order valence-electron chi connectivity index (χ3n) is 8.14. The molecule has 1 atom stereocenters. The molecule has 1 amide bonds. The van der Waals surface area contributed by atoms with Crippen molar-refractivity contribution in [2.45, 2.75) is 37.9 Å². The minimum absolute atomic E-state index is 0.0295. The maximum Gasteiger partial charge on any atom is 0.348 e. The number of allylic oxidation sites excluding steroid dienone is 3. The van der Waals surface area contributed by atoms with Crippen molar-refractivity contribution in [1.29, 1.82) is 0 Å². The van der Waals surface area contributed by atoms with Crippen LogP contribution in [0.5, 0.6) is 28.7 Å². The smallest absolute Gasteiger partial charge is 0.348 e. The van der Waals surface area contributed by atoms with Crippen molar-refractivity contribution in [3.63, 3.8) is 0 Å². The second kappa shape index (κ2) is 9.10. The van der Waals surface area contributed by atoms with E-state index in [1.54, 1.807) is 0 Å². The number of aromatic hydroxyl groups is 3. The average Bonchev–Trinajstić information content (AvgIpc) is 3.52. The summed E-state index contributed by atoms with van der Waals surface area (Å²) in [5.41, 5.74) is -1.94. The topological polar surface area (TPSA) is 219 Å². The molecule has 224 valence electrons. The minimum atomic E-state index is -1.64. The molecule has 0 saturated carbocycles. The lowest BCUT2D eigenvalue weighted by Gasteiger charge is -2.35. The second-order valence-corrected chi connectivity index (χ2v) is 10.7. The molecule has 0 fully saturated rings. The molecule has 2 aromatic carbocycles. The first-order valence-corrected chi connectivity index (χ1v) is 13.4. The average molecular weight is 603 g/mol. The molecule has 2 aliphatic carbocycles. The fraction of sp³-hybridized carbons (Fsp3) is 0.233. The van der Waals surface area contributed by atoms with Crippen LogP contribution in [0.1, 0.15) is 62.5 Å². The van der Waals surface area contributed by atoms with Gasteiger partial charge in [-0.2, -0.15) is 0 Å². The Balaban J connectivity index is 1.22. The molecule has 7 rings (SSSR count). The van der Waals surface area contributed by atoms with Crippen LogP contribution in [-0.4, -0.2) is 56.6 Å². The van der Waals surface area contributed by atoms with Crippen molar-refractivity contribution in [2.24, 2.45) is 0 Å². The maximum absolute atomic E-state index is 13.4. The van der Waals surface area contributed by atoms with E-state index in [9.17, 15) is 44.4 Å². The van der Waals surface area contributed by atoms with Crippen LogP contribution in [0.3, 0.4) is 0 Å². The molecule has 0 unspecified atom stereocenters. The number of aliphatic hydroxyl groups is 1. The van der Waals surface area contributed by atoms with Gasteiger partial charge in [-0.25, -0.2) is 4.79 Å². The number of methoxy groups -OCH3 is 1. The van der Waals surface area contributed by atoms with Gasteiger partial charge in [0, 0.05) is 25.3 Å². The van der Waals surface area contributed by atoms with Gasteiger partial charge in [-0.05, 0) is 29.5 Å². The minimum Gasteiger partial charge on any atom is -0.510 e. The van der Waals surface area contributed by atoms with Crippen LogP contribution in [-0.2, 0) is 16.0 Å². The largest absolute Gasteiger partial charge is 0.510 e. The van der Waals surface area contributed by atoms with Gasteiger partial charge in [-0.15, -0.1) is 0 Å². The van der Waals surface area contributed by atoms with Crippen LogP contribution < -0.4 is 20.4 Å². The van der Waals surface area contributed by atoms with E-state index >= 15 is 0 Å². The molecule has 5 N–H and O–H groups in total. The summed E-state index contributed by atoms with van der Waals surface area (Å²) < 4.78 is 22.1. The van der Waals surface area contributed by atoms with Gasteiger partial charge >= 0.3 is 5.63 Å². The van der Waals surface area contributed by atoms with Crippen molar-refractivity contribution >= 4 is 34.0 Å². The zero-order chi connectivity index (χ0) is 31.2. The number of benzene rings is 2. The summed E-state index contributed by atoms with van der Waals surface area (Å²) in [6.07, 6.45) is 0.123. The molecule has 0 bridgehead atoms. The van der Waals surface area contributed by atoms with E-state index in [2.05, 4.69) is 5.32 Å². The summed E-state index contributed by atoms with van der Waals surface area (Å²) >= 11 is 0. The van der Waals surface area contributed by atoms with E-state index in [1.165, 1.54) is 19.2 Å². The Kier molecular flexibility index (Phi) is 5.60. The molecular weight excluding hydrogens is 582 g/mol. The van der Waals surface area contributed by atoms with Crippen LogP contribution in [0, 0.1) is 0 Å². The van der Waals surface area contributed by atoms with Crippen LogP contribution in [0.4, 0.5) is 0 Å². The van der Waals surface area contributed by atoms with E-state index in [-0.39, 0.29) is 77.2 Å². The molecule has 2 aliphatic heterocycles. The van der Waals surface area contributed by atoms with E-state index in [4.69, 9.17) is 18.6 Å².